The van der Waals surface area contributed by atoms with Crippen LogP contribution < -0.4 is 5.32 Å². The van der Waals surface area contributed by atoms with Gasteiger partial charge in [0.05, 0.1) is 0 Å². The maximum absolute atomic E-state index is 10.8. The zero-order valence-corrected chi connectivity index (χ0v) is 17.6. The molecule has 0 rings (SSSR count). The lowest BCUT2D eigenvalue weighted by Crippen LogP contribution is -2.34. The molecular formula is C20H43NO3S. The highest BCUT2D eigenvalue weighted by molar-refractivity contribution is 7.86. The van der Waals surface area contributed by atoms with Crippen molar-refractivity contribution in [1.29, 1.82) is 0 Å². The van der Waals surface area contributed by atoms with Crippen molar-refractivity contribution in [1.82, 2.24) is 5.32 Å². The van der Waals surface area contributed by atoms with Crippen LogP contribution in [0.1, 0.15) is 117 Å². The predicted molar refractivity (Wildman–Crippen MR) is 109 cm³/mol. The van der Waals surface area contributed by atoms with Crippen LogP contribution >= 0.6 is 0 Å². The number of hydrogen-bond acceptors (Lipinski definition) is 3. The fourth-order valence-electron chi connectivity index (χ4n) is 3.08. The van der Waals surface area contributed by atoms with Gasteiger partial charge in [-0.05, 0) is 19.9 Å². The molecule has 0 amide bonds. The van der Waals surface area contributed by atoms with E-state index >= 15 is 0 Å². The van der Waals surface area contributed by atoms with E-state index in [1.54, 1.807) is 0 Å². The van der Waals surface area contributed by atoms with Gasteiger partial charge < -0.3 is 0 Å². The summed E-state index contributed by atoms with van der Waals surface area (Å²) in [6, 6.07) is 0. The highest BCUT2D eigenvalue weighted by atomic mass is 32.2. The lowest BCUT2D eigenvalue weighted by Gasteiger charge is -2.10. The van der Waals surface area contributed by atoms with Crippen molar-refractivity contribution in [3.05, 3.63) is 0 Å². The van der Waals surface area contributed by atoms with Gasteiger partial charge in [0.25, 0.3) is 10.1 Å². The van der Waals surface area contributed by atoms with Crippen LogP contribution in [-0.2, 0) is 10.1 Å². The van der Waals surface area contributed by atoms with E-state index in [0.29, 0.717) is 6.54 Å². The first-order valence-electron chi connectivity index (χ1n) is 10.7. The molecule has 0 fully saturated rings. The van der Waals surface area contributed by atoms with Gasteiger partial charge in [0.15, 0.2) is 0 Å². The van der Waals surface area contributed by atoms with Gasteiger partial charge in [-0.2, -0.15) is 8.42 Å². The highest BCUT2D eigenvalue weighted by Gasteiger charge is 2.15. The Hall–Kier alpha value is -0.130. The second kappa shape index (κ2) is 17.3. The van der Waals surface area contributed by atoms with Gasteiger partial charge >= 0.3 is 0 Å². The summed E-state index contributed by atoms with van der Waals surface area (Å²) >= 11 is 0. The lowest BCUT2D eigenvalue weighted by atomic mass is 10.0. The third-order valence-electron chi connectivity index (χ3n) is 4.91. The summed E-state index contributed by atoms with van der Waals surface area (Å²) in [5.41, 5.74) is 0. The first-order chi connectivity index (χ1) is 12.0. The van der Waals surface area contributed by atoms with Crippen LogP contribution in [0.2, 0.25) is 0 Å². The second-order valence-corrected chi connectivity index (χ2v) is 9.15. The minimum atomic E-state index is -3.94. The zero-order chi connectivity index (χ0) is 18.8. The van der Waals surface area contributed by atoms with Gasteiger partial charge in [0, 0.05) is 0 Å². The molecule has 2 N–H and O–H groups in total. The summed E-state index contributed by atoms with van der Waals surface area (Å²) in [5.74, 6) is 0. The molecule has 0 bridgehead atoms. The Balaban J connectivity index is 3.12. The number of unbranched alkanes of at least 4 members (excludes halogenated alkanes) is 15. The summed E-state index contributed by atoms with van der Waals surface area (Å²) < 4.78 is 30.5. The van der Waals surface area contributed by atoms with Crippen molar-refractivity contribution in [2.45, 2.75) is 122 Å². The molecule has 4 nitrogen and oxygen atoms in total. The second-order valence-electron chi connectivity index (χ2n) is 7.41. The van der Waals surface area contributed by atoms with E-state index in [-0.39, 0.29) is 0 Å². The number of rotatable bonds is 19. The summed E-state index contributed by atoms with van der Waals surface area (Å²) in [4.78, 5) is 0. The Morgan fingerprint density at radius 2 is 1.00 bits per heavy atom. The van der Waals surface area contributed by atoms with Crippen LogP contribution in [-0.4, -0.2) is 24.9 Å². The summed E-state index contributed by atoms with van der Waals surface area (Å²) in [5, 5.41) is 1.98. The molecular weight excluding hydrogens is 334 g/mol. The zero-order valence-electron chi connectivity index (χ0n) is 16.8. The SMILES string of the molecule is CCCCCCCCCCCCCCCCCCNC(C)S(=O)(=O)O. The summed E-state index contributed by atoms with van der Waals surface area (Å²) in [6.07, 6.45) is 21.3. The minimum Gasteiger partial charge on any atom is -0.299 e. The van der Waals surface area contributed by atoms with E-state index in [1.807, 2.05) is 0 Å². The fourth-order valence-corrected chi connectivity index (χ4v) is 3.41. The molecule has 0 aliphatic heterocycles. The van der Waals surface area contributed by atoms with Crippen LogP contribution in [0.5, 0.6) is 0 Å². The fraction of sp³-hybridized carbons (Fsp3) is 1.00. The normalized spacial score (nSPS) is 13.2. The minimum absolute atomic E-state index is 0.652. The van der Waals surface area contributed by atoms with Crippen molar-refractivity contribution in [2.75, 3.05) is 6.54 Å². The third kappa shape index (κ3) is 18.5. The van der Waals surface area contributed by atoms with Gasteiger partial charge in [0.2, 0.25) is 0 Å². The van der Waals surface area contributed by atoms with E-state index in [0.717, 1.165) is 12.8 Å². The molecule has 0 spiro atoms. The number of hydrogen-bond donors (Lipinski definition) is 2. The molecule has 5 heteroatoms. The lowest BCUT2D eigenvalue weighted by molar-refractivity contribution is 0.452. The third-order valence-corrected chi connectivity index (χ3v) is 5.97. The molecule has 0 aromatic carbocycles. The Morgan fingerprint density at radius 3 is 1.32 bits per heavy atom. The van der Waals surface area contributed by atoms with E-state index < -0.39 is 15.5 Å². The molecule has 0 heterocycles. The average molecular weight is 378 g/mol. The van der Waals surface area contributed by atoms with Crippen LogP contribution in [0.15, 0.2) is 0 Å². The molecule has 1 unspecified atom stereocenters. The van der Waals surface area contributed by atoms with Crippen LogP contribution in [0.25, 0.3) is 0 Å². The van der Waals surface area contributed by atoms with E-state index in [4.69, 9.17) is 4.55 Å². The summed E-state index contributed by atoms with van der Waals surface area (Å²) in [7, 11) is -3.94. The first-order valence-corrected chi connectivity index (χ1v) is 12.2. The standard InChI is InChI=1S/C20H43NO3S/c1-3-4-5-6-7-8-9-10-11-12-13-14-15-16-17-18-19-21-20(2)25(22,23)24/h20-21H,3-19H2,1-2H3,(H,22,23,24). The molecule has 152 valence electrons. The molecule has 0 radical (unpaired) electrons. The Morgan fingerprint density at radius 1 is 0.680 bits per heavy atom. The van der Waals surface area contributed by atoms with Gasteiger partial charge in [-0.1, -0.05) is 103 Å². The van der Waals surface area contributed by atoms with Crippen LogP contribution in [0, 0.1) is 0 Å². The average Bonchev–Trinajstić information content (AvgIpc) is 2.56. The largest absolute Gasteiger partial charge is 0.299 e. The quantitative estimate of drug-likeness (QED) is 0.212. The van der Waals surface area contributed by atoms with Crippen molar-refractivity contribution in [2.24, 2.45) is 0 Å². The van der Waals surface area contributed by atoms with Crippen molar-refractivity contribution >= 4 is 10.1 Å². The smallest absolute Gasteiger partial charge is 0.280 e. The molecule has 0 saturated carbocycles. The molecule has 1 atom stereocenters. The molecule has 0 aromatic heterocycles. The van der Waals surface area contributed by atoms with Gasteiger partial charge in [0.1, 0.15) is 5.37 Å². The van der Waals surface area contributed by atoms with Crippen molar-refractivity contribution < 1.29 is 13.0 Å². The van der Waals surface area contributed by atoms with Crippen molar-refractivity contribution in [3.63, 3.8) is 0 Å². The van der Waals surface area contributed by atoms with Gasteiger partial charge in [-0.3, -0.25) is 9.87 Å². The van der Waals surface area contributed by atoms with Crippen LogP contribution in [0.3, 0.4) is 0 Å². The first kappa shape index (κ1) is 24.9. The summed E-state index contributed by atoms with van der Waals surface area (Å²) in [6.45, 7) is 4.40. The van der Waals surface area contributed by atoms with E-state index in [9.17, 15) is 8.42 Å². The molecule has 0 aliphatic rings. The maximum Gasteiger partial charge on any atom is 0.280 e. The Labute approximate surface area is 157 Å². The molecule has 0 saturated heterocycles. The number of nitrogens with one attached hydrogen (secondary N) is 1. The maximum atomic E-state index is 10.8. The molecule has 25 heavy (non-hydrogen) atoms. The van der Waals surface area contributed by atoms with Gasteiger partial charge in [-0.25, -0.2) is 0 Å². The van der Waals surface area contributed by atoms with Crippen molar-refractivity contribution in [3.8, 4) is 0 Å². The predicted octanol–water partition coefficient (Wildman–Crippen LogP) is 6.07. The van der Waals surface area contributed by atoms with Crippen LogP contribution in [0.4, 0.5) is 0 Å². The van der Waals surface area contributed by atoms with Gasteiger partial charge in [-0.15, -0.1) is 0 Å². The molecule has 0 aromatic rings. The topological polar surface area (TPSA) is 66.4 Å². The highest BCUT2D eigenvalue weighted by Crippen LogP contribution is 2.13. The molecule has 0 aliphatic carbocycles. The Kier molecular flexibility index (Phi) is 17.2. The van der Waals surface area contributed by atoms with E-state index in [2.05, 4.69) is 12.2 Å². The Bertz CT molecular complexity index is 371. The monoisotopic (exact) mass is 377 g/mol. The van der Waals surface area contributed by atoms with E-state index in [1.165, 1.54) is 96.8 Å².